The molecular weight excluding hydrogens is 310 g/mol. The number of amides is 1. The minimum Gasteiger partial charge on any atom is -0.372 e. The van der Waals surface area contributed by atoms with Crippen molar-refractivity contribution < 1.29 is 9.53 Å². The third kappa shape index (κ3) is 4.42. The number of ether oxygens (including phenoxy) is 1. The molecule has 5 nitrogen and oxygen atoms in total. The summed E-state index contributed by atoms with van der Waals surface area (Å²) in [7, 11) is 1.97. The van der Waals surface area contributed by atoms with E-state index in [0.717, 1.165) is 31.4 Å². The first-order valence-electron chi connectivity index (χ1n) is 8.12. The maximum Gasteiger partial charge on any atom is 0.220 e. The molecular formula is C17H23N3O2S. The van der Waals surface area contributed by atoms with Gasteiger partial charge in [0.2, 0.25) is 5.91 Å². The zero-order chi connectivity index (χ0) is 16.1. The van der Waals surface area contributed by atoms with E-state index in [2.05, 4.69) is 27.8 Å². The first-order valence-corrected chi connectivity index (χ1v) is 9.00. The minimum atomic E-state index is 0.0210. The highest BCUT2D eigenvalue weighted by Crippen LogP contribution is 2.27. The Hall–Kier alpha value is -1.66. The molecule has 23 heavy (non-hydrogen) atoms. The number of carbonyl (C=O) groups is 1. The van der Waals surface area contributed by atoms with E-state index >= 15 is 0 Å². The van der Waals surface area contributed by atoms with Crippen LogP contribution < -0.4 is 5.32 Å². The van der Waals surface area contributed by atoms with Gasteiger partial charge in [-0.1, -0.05) is 6.07 Å². The van der Waals surface area contributed by atoms with Gasteiger partial charge in [-0.05, 0) is 37.1 Å². The Morgan fingerprint density at radius 3 is 3.22 bits per heavy atom. The highest BCUT2D eigenvalue weighted by Gasteiger charge is 2.26. The lowest BCUT2D eigenvalue weighted by atomic mass is 10.0. The summed E-state index contributed by atoms with van der Waals surface area (Å²) >= 11 is 1.75. The lowest BCUT2D eigenvalue weighted by molar-refractivity contribution is -0.123. The molecule has 2 atom stereocenters. The van der Waals surface area contributed by atoms with Crippen molar-refractivity contribution in [3.05, 3.63) is 40.6 Å². The number of hydrogen-bond donors (Lipinski definition) is 1. The normalized spacial score (nSPS) is 21.3. The lowest BCUT2D eigenvalue weighted by Crippen LogP contribution is -2.40. The molecule has 3 heterocycles. The van der Waals surface area contributed by atoms with Crippen LogP contribution in [0.2, 0.25) is 0 Å². The van der Waals surface area contributed by atoms with Crippen molar-refractivity contribution in [1.82, 2.24) is 14.9 Å². The Balaban J connectivity index is 1.44. The zero-order valence-corrected chi connectivity index (χ0v) is 14.2. The molecule has 0 saturated carbocycles. The maximum atomic E-state index is 12.1. The molecule has 2 aromatic rings. The van der Waals surface area contributed by atoms with Crippen molar-refractivity contribution in [2.75, 3.05) is 6.61 Å². The van der Waals surface area contributed by atoms with Crippen LogP contribution in [0.1, 0.15) is 42.4 Å². The smallest absolute Gasteiger partial charge is 0.220 e. The van der Waals surface area contributed by atoms with E-state index in [0.29, 0.717) is 13.0 Å². The van der Waals surface area contributed by atoms with Gasteiger partial charge < -0.3 is 14.6 Å². The number of carbonyl (C=O) groups excluding carboxylic acids is 1. The predicted octanol–water partition coefficient (Wildman–Crippen LogP) is 2.84. The van der Waals surface area contributed by atoms with Gasteiger partial charge in [-0.3, -0.25) is 4.79 Å². The fraction of sp³-hybridized carbons (Fsp3) is 0.529. The van der Waals surface area contributed by atoms with Gasteiger partial charge in [0.25, 0.3) is 0 Å². The van der Waals surface area contributed by atoms with Crippen molar-refractivity contribution in [3.63, 3.8) is 0 Å². The van der Waals surface area contributed by atoms with E-state index in [1.54, 1.807) is 17.7 Å². The molecule has 0 bridgehead atoms. The number of imidazole rings is 1. The van der Waals surface area contributed by atoms with Crippen molar-refractivity contribution in [1.29, 1.82) is 0 Å². The minimum absolute atomic E-state index is 0.0210. The summed E-state index contributed by atoms with van der Waals surface area (Å²) in [5.74, 6) is 0.150. The molecule has 124 valence electrons. The highest BCUT2D eigenvalue weighted by atomic mass is 32.1. The second kappa shape index (κ2) is 7.75. The van der Waals surface area contributed by atoms with Gasteiger partial charge in [0.05, 0.1) is 18.2 Å². The molecule has 1 N–H and O–H groups in total. The molecule has 0 aliphatic carbocycles. The molecule has 1 aliphatic rings. The number of aromatic nitrogens is 2. The summed E-state index contributed by atoms with van der Waals surface area (Å²) in [5.41, 5.74) is 1.07. The Morgan fingerprint density at radius 1 is 1.57 bits per heavy atom. The molecule has 3 rings (SSSR count). The third-order valence-electron chi connectivity index (χ3n) is 4.24. The van der Waals surface area contributed by atoms with Crippen LogP contribution in [-0.4, -0.2) is 28.1 Å². The van der Waals surface area contributed by atoms with Gasteiger partial charge in [0.1, 0.15) is 6.10 Å². The van der Waals surface area contributed by atoms with Crippen molar-refractivity contribution in [2.45, 2.75) is 44.2 Å². The molecule has 1 saturated heterocycles. The van der Waals surface area contributed by atoms with E-state index in [1.807, 2.05) is 17.8 Å². The van der Waals surface area contributed by atoms with Gasteiger partial charge >= 0.3 is 0 Å². The molecule has 0 spiro atoms. The molecule has 0 aromatic carbocycles. The molecule has 6 heteroatoms. The molecule has 1 aliphatic heterocycles. The quantitative estimate of drug-likeness (QED) is 0.884. The third-order valence-corrected chi connectivity index (χ3v) is 5.18. The van der Waals surface area contributed by atoms with Gasteiger partial charge in [-0.2, -0.15) is 0 Å². The number of hydrogen-bond acceptors (Lipinski definition) is 4. The van der Waals surface area contributed by atoms with Crippen LogP contribution in [-0.2, 0) is 23.0 Å². The summed E-state index contributed by atoms with van der Waals surface area (Å²) in [6.07, 6.45) is 7.82. The van der Waals surface area contributed by atoms with E-state index in [-0.39, 0.29) is 18.1 Å². The van der Waals surface area contributed by atoms with Crippen LogP contribution >= 0.6 is 11.3 Å². The Bertz CT molecular complexity index is 624. The fourth-order valence-electron chi connectivity index (χ4n) is 2.99. The van der Waals surface area contributed by atoms with Crippen molar-refractivity contribution in [2.24, 2.45) is 7.05 Å². The van der Waals surface area contributed by atoms with E-state index in [4.69, 9.17) is 4.74 Å². The summed E-state index contributed by atoms with van der Waals surface area (Å²) in [5, 5.41) is 5.24. The van der Waals surface area contributed by atoms with Crippen LogP contribution in [0, 0.1) is 0 Å². The van der Waals surface area contributed by atoms with Gasteiger partial charge in [0, 0.05) is 31.0 Å². The van der Waals surface area contributed by atoms with E-state index in [9.17, 15) is 4.79 Å². The summed E-state index contributed by atoms with van der Waals surface area (Å²) in [4.78, 5) is 17.6. The fourth-order valence-corrected chi connectivity index (χ4v) is 3.74. The summed E-state index contributed by atoms with van der Waals surface area (Å²) in [6, 6.07) is 4.37. The van der Waals surface area contributed by atoms with Crippen LogP contribution in [0.15, 0.2) is 30.0 Å². The largest absolute Gasteiger partial charge is 0.372 e. The summed E-state index contributed by atoms with van der Waals surface area (Å²) < 4.78 is 7.82. The SMILES string of the molecule is Cn1cncc1[C@@H]1C[C@H](NC(=O)CCCc2cccs2)CCO1. The molecule has 2 aromatic heterocycles. The maximum absolute atomic E-state index is 12.1. The average molecular weight is 333 g/mol. The van der Waals surface area contributed by atoms with Crippen molar-refractivity contribution in [3.8, 4) is 0 Å². The number of nitrogens with zero attached hydrogens (tertiary/aromatic N) is 2. The zero-order valence-electron chi connectivity index (χ0n) is 13.4. The first kappa shape index (κ1) is 16.2. The van der Waals surface area contributed by atoms with Crippen LogP contribution in [0.4, 0.5) is 0 Å². The van der Waals surface area contributed by atoms with Crippen molar-refractivity contribution >= 4 is 17.2 Å². The summed E-state index contributed by atoms with van der Waals surface area (Å²) in [6.45, 7) is 0.677. The lowest BCUT2D eigenvalue weighted by Gasteiger charge is -2.30. The van der Waals surface area contributed by atoms with Crippen LogP contribution in [0.3, 0.4) is 0 Å². The van der Waals surface area contributed by atoms with Crippen LogP contribution in [0.5, 0.6) is 0 Å². The molecule has 1 fully saturated rings. The molecule has 1 amide bonds. The molecule has 0 radical (unpaired) electrons. The molecule has 0 unspecified atom stereocenters. The second-order valence-electron chi connectivity index (χ2n) is 6.01. The average Bonchev–Trinajstić information content (AvgIpc) is 3.19. The van der Waals surface area contributed by atoms with E-state index in [1.165, 1.54) is 4.88 Å². The van der Waals surface area contributed by atoms with Gasteiger partial charge in [-0.15, -0.1) is 11.3 Å². The Morgan fingerprint density at radius 2 is 2.48 bits per heavy atom. The number of nitrogens with one attached hydrogen (secondary N) is 1. The Labute approximate surface area is 140 Å². The number of rotatable bonds is 6. The number of thiophene rings is 1. The monoisotopic (exact) mass is 333 g/mol. The topological polar surface area (TPSA) is 56.2 Å². The Kier molecular flexibility index (Phi) is 5.46. The second-order valence-corrected chi connectivity index (χ2v) is 7.04. The van der Waals surface area contributed by atoms with Crippen LogP contribution in [0.25, 0.3) is 0 Å². The van der Waals surface area contributed by atoms with E-state index < -0.39 is 0 Å². The standard InChI is InChI=1S/C17H23N3O2S/c1-20-12-18-11-15(20)16-10-13(7-8-22-16)19-17(21)6-2-4-14-5-3-9-23-14/h3,5,9,11-13,16H,2,4,6-8,10H2,1H3,(H,19,21)/t13-,16+/m1/s1. The predicted molar refractivity (Wildman–Crippen MR) is 90.3 cm³/mol. The number of aryl methyl sites for hydroxylation is 2. The first-order chi connectivity index (χ1) is 11.2. The highest BCUT2D eigenvalue weighted by molar-refractivity contribution is 7.09. The van der Waals surface area contributed by atoms with Gasteiger partial charge in [-0.25, -0.2) is 4.98 Å². The van der Waals surface area contributed by atoms with Gasteiger partial charge in [0.15, 0.2) is 0 Å².